The minimum Gasteiger partial charge on any atom is -0.394 e. The summed E-state index contributed by atoms with van der Waals surface area (Å²) in [6.45, 7) is 2.81. The Kier molecular flexibility index (Phi) is 50.2. The van der Waals surface area contributed by atoms with E-state index in [1.165, 1.54) is 193 Å². The Balaban J connectivity index is 1.70. The number of ether oxygens (including phenoxy) is 4. The number of hydrogen-bond donors (Lipinski definition) is 9. The highest BCUT2D eigenvalue weighted by Crippen LogP contribution is 2.30. The fraction of sp³-hybridized carbons (Fsp3) is 0.870. The Morgan fingerprint density at radius 2 is 0.795 bits per heavy atom. The van der Waals surface area contributed by atoms with Gasteiger partial charge in [0, 0.05) is 6.42 Å². The summed E-state index contributed by atoms with van der Waals surface area (Å²) >= 11 is 0. The van der Waals surface area contributed by atoms with Crippen molar-refractivity contribution in [3.8, 4) is 0 Å². The number of amides is 1. The van der Waals surface area contributed by atoms with Gasteiger partial charge >= 0.3 is 0 Å². The van der Waals surface area contributed by atoms with Crippen molar-refractivity contribution in [1.82, 2.24) is 5.32 Å². The first-order valence-corrected chi connectivity index (χ1v) is 34.4. The molecule has 2 rings (SSSR count). The average molecular weight is 1180 g/mol. The molecule has 2 aliphatic rings. The van der Waals surface area contributed by atoms with E-state index in [9.17, 15) is 45.6 Å². The third-order valence-electron chi connectivity index (χ3n) is 16.8. The number of unbranched alkanes of at least 4 members (excludes halogenated alkanes) is 37. The summed E-state index contributed by atoms with van der Waals surface area (Å²) in [5.74, 6) is -0.249. The van der Waals surface area contributed by atoms with Gasteiger partial charge in [-0.25, -0.2) is 0 Å². The maximum absolute atomic E-state index is 13.3. The maximum atomic E-state index is 13.3. The van der Waals surface area contributed by atoms with E-state index in [1.807, 2.05) is 6.08 Å². The van der Waals surface area contributed by atoms with Crippen LogP contribution in [0.15, 0.2) is 48.6 Å². The van der Waals surface area contributed by atoms with Crippen LogP contribution in [0.5, 0.6) is 0 Å². The lowest BCUT2D eigenvalue weighted by Gasteiger charge is -2.46. The first-order valence-electron chi connectivity index (χ1n) is 34.4. The second-order valence-corrected chi connectivity index (χ2v) is 24.3. The molecule has 12 unspecified atom stereocenters. The molecule has 14 heteroatoms. The molecule has 2 aliphatic heterocycles. The molecule has 0 aromatic heterocycles. The Labute approximate surface area is 505 Å². The van der Waals surface area contributed by atoms with Crippen molar-refractivity contribution >= 4 is 5.91 Å². The Hall–Kier alpha value is -2.05. The van der Waals surface area contributed by atoms with Gasteiger partial charge < -0.3 is 65.1 Å². The standard InChI is InChI=1S/C69H127NO13/c1-3-5-7-9-11-13-15-17-19-21-23-25-26-27-28-29-30-31-33-34-36-38-40-42-44-46-48-50-52-58(73)57(56-80-68-66(79)64(77)67(60(55-72)82-68)83-69-65(78)63(76)62(75)59(54-71)81-69)70-61(74)53-51-49-47-45-43-41-39-37-35-32-24-22-20-18-16-14-12-10-8-6-4-2/h16,18,22,24,35,37,50,52,57-60,62-69,71-73,75-79H,3-15,17,19-21,23,25-34,36,38-49,51,53-56H2,1-2H3,(H,70,74)/b18-16-,24-22-,37-35-,52-50+. The van der Waals surface area contributed by atoms with E-state index in [0.717, 1.165) is 70.6 Å². The zero-order valence-electron chi connectivity index (χ0n) is 52.7. The molecule has 0 bridgehead atoms. The van der Waals surface area contributed by atoms with E-state index in [2.05, 4.69) is 55.6 Å². The van der Waals surface area contributed by atoms with Gasteiger partial charge in [-0.3, -0.25) is 4.79 Å². The predicted molar refractivity (Wildman–Crippen MR) is 337 cm³/mol. The zero-order valence-corrected chi connectivity index (χ0v) is 52.7. The Bertz CT molecular complexity index is 1580. The second kappa shape index (κ2) is 54.1. The molecule has 83 heavy (non-hydrogen) atoms. The SMILES string of the molecule is CCCCCCC/C=C\C/C=C\C/C=C\CCCCCCCCC(=O)NC(COC1OC(CO)C(OC2OC(CO)C(O)C(O)C2O)C(O)C1O)C(O)/C=C/CCCCCCCCCCCCCCCCCCCCCCCCCCCC. The highest BCUT2D eigenvalue weighted by atomic mass is 16.7. The summed E-state index contributed by atoms with van der Waals surface area (Å²) in [7, 11) is 0. The molecule has 0 aromatic carbocycles. The number of hydrogen-bond acceptors (Lipinski definition) is 13. The van der Waals surface area contributed by atoms with Crippen molar-refractivity contribution in [3.63, 3.8) is 0 Å². The van der Waals surface area contributed by atoms with Crippen LogP contribution in [0, 0.1) is 0 Å². The van der Waals surface area contributed by atoms with Gasteiger partial charge in [0.05, 0.1) is 32.0 Å². The van der Waals surface area contributed by atoms with Gasteiger partial charge in [0.25, 0.3) is 0 Å². The van der Waals surface area contributed by atoms with Gasteiger partial charge in [-0.05, 0) is 57.8 Å². The number of allylic oxidation sites excluding steroid dienone is 7. The first kappa shape index (κ1) is 77.0. The average Bonchev–Trinajstić information content (AvgIpc) is 3.59. The molecule has 0 spiro atoms. The lowest BCUT2D eigenvalue weighted by molar-refractivity contribution is -0.359. The van der Waals surface area contributed by atoms with Crippen LogP contribution < -0.4 is 5.32 Å². The zero-order chi connectivity index (χ0) is 60.2. The lowest BCUT2D eigenvalue weighted by Crippen LogP contribution is -2.65. The topological polar surface area (TPSA) is 228 Å². The van der Waals surface area contributed by atoms with Crippen LogP contribution in [0.3, 0.4) is 0 Å². The molecule has 2 saturated heterocycles. The van der Waals surface area contributed by atoms with Gasteiger partial charge in [0.2, 0.25) is 5.91 Å². The first-order chi connectivity index (χ1) is 40.6. The molecular weight excluding hydrogens is 1050 g/mol. The molecule has 12 atom stereocenters. The normalized spacial score (nSPS) is 24.1. The van der Waals surface area contributed by atoms with E-state index in [4.69, 9.17) is 18.9 Å². The number of rotatable bonds is 56. The van der Waals surface area contributed by atoms with E-state index in [0.29, 0.717) is 6.42 Å². The molecule has 486 valence electrons. The third kappa shape index (κ3) is 38.8. The van der Waals surface area contributed by atoms with E-state index >= 15 is 0 Å². The number of carbonyl (C=O) groups is 1. The summed E-state index contributed by atoms with van der Waals surface area (Å²) < 4.78 is 22.8. The predicted octanol–water partition coefficient (Wildman–Crippen LogP) is 13.5. The van der Waals surface area contributed by atoms with E-state index in [1.54, 1.807) is 6.08 Å². The quantitative estimate of drug-likeness (QED) is 0.0204. The lowest BCUT2D eigenvalue weighted by atomic mass is 9.97. The van der Waals surface area contributed by atoms with Crippen LogP contribution in [0.25, 0.3) is 0 Å². The van der Waals surface area contributed by atoms with Crippen LogP contribution in [0.1, 0.15) is 290 Å². The Morgan fingerprint density at radius 3 is 1.22 bits per heavy atom. The number of nitrogens with one attached hydrogen (secondary N) is 1. The van der Waals surface area contributed by atoms with Gasteiger partial charge in [-0.15, -0.1) is 0 Å². The molecule has 1 amide bonds. The number of carbonyl (C=O) groups excluding carboxylic acids is 1. The van der Waals surface area contributed by atoms with Crippen molar-refractivity contribution in [3.05, 3.63) is 48.6 Å². The summed E-state index contributed by atoms with van der Waals surface area (Å²) in [5.41, 5.74) is 0. The van der Waals surface area contributed by atoms with E-state index in [-0.39, 0.29) is 18.9 Å². The summed E-state index contributed by atoms with van der Waals surface area (Å²) in [6.07, 6.45) is 53.0. The van der Waals surface area contributed by atoms with Gasteiger partial charge in [0.1, 0.15) is 48.8 Å². The maximum Gasteiger partial charge on any atom is 0.220 e. The molecule has 9 N–H and O–H groups in total. The molecular formula is C69H127NO13. The van der Waals surface area contributed by atoms with Crippen molar-refractivity contribution in [2.24, 2.45) is 0 Å². The molecule has 0 saturated carbocycles. The fourth-order valence-electron chi connectivity index (χ4n) is 11.2. The summed E-state index contributed by atoms with van der Waals surface area (Å²) in [4.78, 5) is 13.3. The van der Waals surface area contributed by atoms with Gasteiger partial charge in [0.15, 0.2) is 12.6 Å². The Morgan fingerprint density at radius 1 is 0.434 bits per heavy atom. The van der Waals surface area contributed by atoms with Gasteiger partial charge in [-0.1, -0.05) is 274 Å². The highest BCUT2D eigenvalue weighted by molar-refractivity contribution is 5.76. The van der Waals surface area contributed by atoms with E-state index < -0.39 is 86.8 Å². The van der Waals surface area contributed by atoms with Crippen molar-refractivity contribution < 1.29 is 64.6 Å². The molecule has 0 aromatic rings. The minimum absolute atomic E-state index is 0.249. The second-order valence-electron chi connectivity index (χ2n) is 24.3. The molecule has 14 nitrogen and oxygen atoms in total. The monoisotopic (exact) mass is 1180 g/mol. The van der Waals surface area contributed by atoms with Crippen LogP contribution in [-0.2, 0) is 23.7 Å². The van der Waals surface area contributed by atoms with Crippen molar-refractivity contribution in [2.45, 2.75) is 364 Å². The van der Waals surface area contributed by atoms with Gasteiger partial charge in [-0.2, -0.15) is 0 Å². The fourth-order valence-corrected chi connectivity index (χ4v) is 11.2. The summed E-state index contributed by atoms with van der Waals surface area (Å²) in [5, 5.41) is 87.4. The molecule has 2 fully saturated rings. The van der Waals surface area contributed by atoms with Crippen LogP contribution >= 0.6 is 0 Å². The molecule has 2 heterocycles. The highest BCUT2D eigenvalue weighted by Gasteiger charge is 2.51. The van der Waals surface area contributed by atoms with Crippen molar-refractivity contribution in [1.29, 1.82) is 0 Å². The van der Waals surface area contributed by atoms with Crippen LogP contribution in [0.2, 0.25) is 0 Å². The smallest absolute Gasteiger partial charge is 0.220 e. The number of aliphatic hydroxyl groups is 8. The van der Waals surface area contributed by atoms with Crippen LogP contribution in [-0.4, -0.2) is 140 Å². The van der Waals surface area contributed by atoms with Crippen molar-refractivity contribution in [2.75, 3.05) is 19.8 Å². The third-order valence-corrected chi connectivity index (χ3v) is 16.8. The minimum atomic E-state index is -1.79. The van der Waals surface area contributed by atoms with Crippen LogP contribution in [0.4, 0.5) is 0 Å². The summed E-state index contributed by atoms with van der Waals surface area (Å²) in [6, 6.07) is -0.924. The largest absolute Gasteiger partial charge is 0.394 e. The number of aliphatic hydroxyl groups excluding tert-OH is 8. The molecule has 0 radical (unpaired) electrons. The molecule has 0 aliphatic carbocycles.